The van der Waals surface area contributed by atoms with Crippen LogP contribution in [0.25, 0.3) is 0 Å². The van der Waals surface area contributed by atoms with Crippen LogP contribution in [0.5, 0.6) is 0 Å². The Labute approximate surface area is 78.1 Å². The van der Waals surface area contributed by atoms with Crippen LogP contribution in [0.1, 0.15) is 26.2 Å². The first-order chi connectivity index (χ1) is 6.21. The van der Waals surface area contributed by atoms with Crippen molar-refractivity contribution < 1.29 is 14.6 Å². The van der Waals surface area contributed by atoms with Crippen molar-refractivity contribution in [3.8, 4) is 11.8 Å². The van der Waals surface area contributed by atoms with Crippen LogP contribution in [0.4, 0.5) is 0 Å². The number of carboxylic acid groups (broad SMARTS) is 1. The molecule has 0 saturated carbocycles. The van der Waals surface area contributed by atoms with Crippen molar-refractivity contribution in [1.29, 1.82) is 0 Å². The standard InChI is InChI=1S/C10H14O3/c1-2-3-4-10(9(11)12)5-7-13-8-6-10/h4-8H2,1H3,(H,11,12). The quantitative estimate of drug-likeness (QED) is 0.654. The highest BCUT2D eigenvalue weighted by atomic mass is 16.5. The number of hydrogen-bond acceptors (Lipinski definition) is 2. The van der Waals surface area contributed by atoms with Gasteiger partial charge >= 0.3 is 5.97 Å². The molecule has 13 heavy (non-hydrogen) atoms. The van der Waals surface area contributed by atoms with E-state index in [-0.39, 0.29) is 0 Å². The first kappa shape index (κ1) is 10.1. The summed E-state index contributed by atoms with van der Waals surface area (Å²) in [7, 11) is 0. The Hall–Kier alpha value is -1.01. The highest BCUT2D eigenvalue weighted by Crippen LogP contribution is 2.33. The van der Waals surface area contributed by atoms with Crippen molar-refractivity contribution in [2.24, 2.45) is 5.41 Å². The molecule has 1 saturated heterocycles. The van der Waals surface area contributed by atoms with Gasteiger partial charge in [0.05, 0.1) is 5.41 Å². The van der Waals surface area contributed by atoms with Gasteiger partial charge in [0.25, 0.3) is 0 Å². The van der Waals surface area contributed by atoms with E-state index in [0.717, 1.165) is 0 Å². The molecular formula is C10H14O3. The maximum Gasteiger partial charge on any atom is 0.310 e. The molecule has 0 radical (unpaired) electrons. The molecule has 0 amide bonds. The first-order valence-electron chi connectivity index (χ1n) is 4.42. The first-order valence-corrected chi connectivity index (χ1v) is 4.42. The Morgan fingerprint density at radius 3 is 2.62 bits per heavy atom. The molecule has 3 heteroatoms. The Morgan fingerprint density at radius 2 is 2.15 bits per heavy atom. The topological polar surface area (TPSA) is 46.5 Å². The molecule has 1 aliphatic rings. The molecule has 0 bridgehead atoms. The zero-order chi connectivity index (χ0) is 9.73. The molecule has 72 valence electrons. The summed E-state index contributed by atoms with van der Waals surface area (Å²) in [4.78, 5) is 11.1. The summed E-state index contributed by atoms with van der Waals surface area (Å²) in [6, 6.07) is 0. The molecule has 1 aliphatic heterocycles. The Balaban J connectivity index is 2.70. The predicted octanol–water partition coefficient (Wildman–Crippen LogP) is 1.28. The van der Waals surface area contributed by atoms with Crippen LogP contribution in [0.3, 0.4) is 0 Å². The normalized spacial score (nSPS) is 20.1. The van der Waals surface area contributed by atoms with Gasteiger partial charge in [-0.05, 0) is 19.8 Å². The van der Waals surface area contributed by atoms with E-state index in [2.05, 4.69) is 11.8 Å². The monoisotopic (exact) mass is 182 g/mol. The lowest BCUT2D eigenvalue weighted by atomic mass is 9.77. The molecule has 0 spiro atoms. The fraction of sp³-hybridized carbons (Fsp3) is 0.700. The lowest BCUT2D eigenvalue weighted by Gasteiger charge is -2.31. The van der Waals surface area contributed by atoms with Gasteiger partial charge in [-0.3, -0.25) is 4.79 Å². The van der Waals surface area contributed by atoms with Crippen molar-refractivity contribution in [3.05, 3.63) is 0 Å². The van der Waals surface area contributed by atoms with E-state index in [1.54, 1.807) is 6.92 Å². The van der Waals surface area contributed by atoms with E-state index in [0.29, 0.717) is 32.5 Å². The number of rotatable bonds is 2. The van der Waals surface area contributed by atoms with E-state index in [1.165, 1.54) is 0 Å². The molecule has 0 aromatic heterocycles. The zero-order valence-electron chi connectivity index (χ0n) is 7.80. The second-order valence-corrected chi connectivity index (χ2v) is 3.30. The van der Waals surface area contributed by atoms with Gasteiger partial charge in [-0.15, -0.1) is 11.8 Å². The number of carboxylic acids is 1. The van der Waals surface area contributed by atoms with Gasteiger partial charge in [-0.1, -0.05) is 0 Å². The van der Waals surface area contributed by atoms with Crippen LogP contribution in [0, 0.1) is 17.3 Å². The molecule has 1 rings (SSSR count). The summed E-state index contributed by atoms with van der Waals surface area (Å²) in [5.41, 5.74) is -0.652. The van der Waals surface area contributed by atoms with Gasteiger partial charge in [0.15, 0.2) is 0 Å². The van der Waals surface area contributed by atoms with E-state index in [1.807, 2.05) is 0 Å². The van der Waals surface area contributed by atoms with E-state index in [9.17, 15) is 4.79 Å². The van der Waals surface area contributed by atoms with E-state index >= 15 is 0 Å². The molecule has 0 aromatic carbocycles. The SMILES string of the molecule is CC#CCC1(C(=O)O)CCOCC1. The van der Waals surface area contributed by atoms with Gasteiger partial charge in [0.2, 0.25) is 0 Å². The lowest BCUT2D eigenvalue weighted by Crippen LogP contribution is -2.36. The van der Waals surface area contributed by atoms with Crippen molar-refractivity contribution in [2.45, 2.75) is 26.2 Å². The Bertz CT molecular complexity index is 241. The third-order valence-electron chi connectivity index (χ3n) is 2.51. The fourth-order valence-corrected chi connectivity index (χ4v) is 1.49. The minimum atomic E-state index is -0.737. The highest BCUT2D eigenvalue weighted by Gasteiger charge is 2.39. The maximum atomic E-state index is 11.1. The van der Waals surface area contributed by atoms with E-state index in [4.69, 9.17) is 9.84 Å². The number of aliphatic carboxylic acids is 1. The lowest BCUT2D eigenvalue weighted by molar-refractivity contribution is -0.154. The Morgan fingerprint density at radius 1 is 1.54 bits per heavy atom. The molecule has 3 nitrogen and oxygen atoms in total. The van der Waals surface area contributed by atoms with E-state index < -0.39 is 11.4 Å². The minimum Gasteiger partial charge on any atom is -0.481 e. The third kappa shape index (κ3) is 2.22. The van der Waals surface area contributed by atoms with Gasteiger partial charge in [-0.25, -0.2) is 0 Å². The summed E-state index contributed by atoms with van der Waals surface area (Å²) in [6.07, 6.45) is 1.61. The van der Waals surface area contributed by atoms with Gasteiger partial charge in [-0.2, -0.15) is 0 Å². The van der Waals surface area contributed by atoms with Crippen LogP contribution in [-0.2, 0) is 9.53 Å². The summed E-state index contributed by atoms with van der Waals surface area (Å²) >= 11 is 0. The van der Waals surface area contributed by atoms with Gasteiger partial charge in [0, 0.05) is 19.6 Å². The smallest absolute Gasteiger partial charge is 0.310 e. The largest absolute Gasteiger partial charge is 0.481 e. The van der Waals surface area contributed by atoms with Crippen LogP contribution >= 0.6 is 0 Å². The molecule has 0 unspecified atom stereocenters. The minimum absolute atomic E-state index is 0.447. The summed E-state index contributed by atoms with van der Waals surface area (Å²) in [5.74, 6) is 4.86. The molecule has 0 atom stereocenters. The number of hydrogen-bond donors (Lipinski definition) is 1. The molecule has 0 aromatic rings. The highest BCUT2D eigenvalue weighted by molar-refractivity contribution is 5.75. The summed E-state index contributed by atoms with van der Waals surface area (Å²) in [5, 5.41) is 9.09. The molecule has 0 aliphatic carbocycles. The number of ether oxygens (including phenoxy) is 1. The molecular weight excluding hydrogens is 168 g/mol. The Kier molecular flexibility index (Phi) is 3.32. The predicted molar refractivity (Wildman–Crippen MR) is 48.2 cm³/mol. The van der Waals surface area contributed by atoms with Gasteiger partial charge < -0.3 is 9.84 Å². The van der Waals surface area contributed by atoms with Crippen molar-refractivity contribution in [1.82, 2.24) is 0 Å². The van der Waals surface area contributed by atoms with Crippen LogP contribution in [0.15, 0.2) is 0 Å². The van der Waals surface area contributed by atoms with Crippen LogP contribution < -0.4 is 0 Å². The second kappa shape index (κ2) is 4.29. The van der Waals surface area contributed by atoms with Crippen molar-refractivity contribution >= 4 is 5.97 Å². The summed E-state index contributed by atoms with van der Waals surface area (Å²) in [6.45, 7) is 2.81. The van der Waals surface area contributed by atoms with Crippen molar-refractivity contribution in [3.63, 3.8) is 0 Å². The molecule has 1 fully saturated rings. The maximum absolute atomic E-state index is 11.1. The zero-order valence-corrected chi connectivity index (χ0v) is 7.80. The molecule has 1 N–H and O–H groups in total. The summed E-state index contributed by atoms with van der Waals surface area (Å²) < 4.78 is 5.14. The van der Waals surface area contributed by atoms with Gasteiger partial charge in [0.1, 0.15) is 0 Å². The average molecular weight is 182 g/mol. The van der Waals surface area contributed by atoms with Crippen LogP contribution in [-0.4, -0.2) is 24.3 Å². The second-order valence-electron chi connectivity index (χ2n) is 3.30. The molecule has 1 heterocycles. The fourth-order valence-electron chi connectivity index (χ4n) is 1.49. The average Bonchev–Trinajstić information content (AvgIpc) is 2.16. The number of carbonyl (C=O) groups is 1. The van der Waals surface area contributed by atoms with Crippen molar-refractivity contribution in [2.75, 3.05) is 13.2 Å². The van der Waals surface area contributed by atoms with Crippen LogP contribution in [0.2, 0.25) is 0 Å². The third-order valence-corrected chi connectivity index (χ3v) is 2.51.